The van der Waals surface area contributed by atoms with E-state index in [0.717, 1.165) is 6.61 Å². The van der Waals surface area contributed by atoms with Crippen LogP contribution in [0.15, 0.2) is 0 Å². The van der Waals surface area contributed by atoms with Gasteiger partial charge in [-0.25, -0.2) is 0 Å². The summed E-state index contributed by atoms with van der Waals surface area (Å²) in [6.07, 6.45) is 1.19. The number of likely N-dealkylation sites (N-methyl/N-ethyl adjacent to an activating group) is 1. The van der Waals surface area contributed by atoms with Gasteiger partial charge in [0.2, 0.25) is 0 Å². The lowest BCUT2D eigenvalue weighted by molar-refractivity contribution is 0.188. The molecule has 4 heteroatoms. The lowest BCUT2D eigenvalue weighted by Gasteiger charge is -2.12. The molecular formula is C7H17AlN2O. The highest BCUT2D eigenvalue weighted by atomic mass is 27.1. The zero-order valence-corrected chi connectivity index (χ0v) is 8.96. The van der Waals surface area contributed by atoms with E-state index < -0.39 is 0 Å². The molecule has 0 N–H and O–H groups in total. The first-order valence-corrected chi connectivity index (χ1v) is 5.49. The van der Waals surface area contributed by atoms with Gasteiger partial charge in [0.05, 0.1) is 0 Å². The third kappa shape index (κ3) is 3.55. The molecule has 1 fully saturated rings. The highest BCUT2D eigenvalue weighted by Crippen LogP contribution is 1.99. The van der Waals surface area contributed by atoms with Gasteiger partial charge in [-0.1, -0.05) is 0 Å². The molecular weight excluding hydrogens is 155 g/mol. The maximum absolute atomic E-state index is 5.00. The smallest absolute Gasteiger partial charge is 0.385 e. The molecule has 3 nitrogen and oxygen atoms in total. The van der Waals surface area contributed by atoms with Crippen molar-refractivity contribution in [2.45, 2.75) is 6.42 Å². The molecule has 0 bridgehead atoms. The molecule has 0 aromatic heterocycles. The van der Waals surface area contributed by atoms with E-state index in [2.05, 4.69) is 14.8 Å². The number of ether oxygens (including phenoxy) is 1. The Hall–Kier alpha value is 0.412. The summed E-state index contributed by atoms with van der Waals surface area (Å²) in [6.45, 7) is 4.71. The molecule has 0 aliphatic carbocycles. The van der Waals surface area contributed by atoms with Gasteiger partial charge in [-0.15, -0.1) is 0 Å². The molecule has 0 atom stereocenters. The van der Waals surface area contributed by atoms with Crippen LogP contribution in [-0.4, -0.2) is 63.8 Å². The lowest BCUT2D eigenvalue weighted by Crippen LogP contribution is -2.28. The van der Waals surface area contributed by atoms with E-state index in [-0.39, 0.29) is 15.7 Å². The van der Waals surface area contributed by atoms with Gasteiger partial charge in [0.1, 0.15) is 0 Å². The summed E-state index contributed by atoms with van der Waals surface area (Å²) in [6, 6.07) is 0. The predicted octanol–water partition coefficient (Wildman–Crippen LogP) is -0.463. The minimum Gasteiger partial charge on any atom is -0.385 e. The summed E-state index contributed by atoms with van der Waals surface area (Å²) in [5.41, 5.74) is 0. The van der Waals surface area contributed by atoms with Crippen LogP contribution in [0.25, 0.3) is 0 Å². The van der Waals surface area contributed by atoms with Crippen LogP contribution >= 0.6 is 0 Å². The van der Waals surface area contributed by atoms with Crippen LogP contribution in [0.5, 0.6) is 0 Å². The summed E-state index contributed by atoms with van der Waals surface area (Å²) in [7, 11) is 4.00. The SMILES string of the molecule is COCCC[N]1CC[N](C)[AlH]1. The third-order valence-corrected chi connectivity index (χ3v) is 3.89. The van der Waals surface area contributed by atoms with Crippen LogP contribution in [0.4, 0.5) is 0 Å². The first-order valence-electron chi connectivity index (χ1n) is 4.23. The van der Waals surface area contributed by atoms with Crippen molar-refractivity contribution >= 4 is 15.7 Å². The second-order valence-corrected chi connectivity index (χ2v) is 5.44. The minimum absolute atomic E-state index is 0.0353. The zero-order chi connectivity index (χ0) is 8.10. The fraction of sp³-hybridized carbons (Fsp3) is 1.00. The van der Waals surface area contributed by atoms with E-state index in [9.17, 15) is 0 Å². The van der Waals surface area contributed by atoms with Gasteiger partial charge in [0.15, 0.2) is 0 Å². The molecule has 0 unspecified atom stereocenters. The Bertz CT molecular complexity index is 113. The molecule has 1 saturated heterocycles. The first-order chi connectivity index (χ1) is 5.33. The molecule has 0 amide bonds. The molecule has 0 aromatic rings. The van der Waals surface area contributed by atoms with Crippen molar-refractivity contribution in [1.82, 2.24) is 7.77 Å². The van der Waals surface area contributed by atoms with Gasteiger partial charge < -0.3 is 12.5 Å². The van der Waals surface area contributed by atoms with Crippen molar-refractivity contribution < 1.29 is 4.74 Å². The number of hydrogen-bond donors (Lipinski definition) is 0. The second-order valence-electron chi connectivity index (χ2n) is 3.19. The third-order valence-electron chi connectivity index (χ3n) is 2.06. The van der Waals surface area contributed by atoms with Crippen LogP contribution in [-0.2, 0) is 4.74 Å². The summed E-state index contributed by atoms with van der Waals surface area (Å²) in [5, 5.41) is 0. The van der Waals surface area contributed by atoms with E-state index in [1.54, 1.807) is 7.11 Å². The Morgan fingerprint density at radius 2 is 2.27 bits per heavy atom. The summed E-state index contributed by atoms with van der Waals surface area (Å²) >= 11 is -0.0353. The maximum atomic E-state index is 5.00. The van der Waals surface area contributed by atoms with E-state index in [0.29, 0.717) is 0 Å². The van der Waals surface area contributed by atoms with Gasteiger partial charge in [-0.2, -0.15) is 0 Å². The van der Waals surface area contributed by atoms with Gasteiger partial charge in [-0.3, -0.25) is 0 Å². The minimum atomic E-state index is -0.0353. The molecule has 11 heavy (non-hydrogen) atoms. The second kappa shape index (κ2) is 5.13. The fourth-order valence-electron chi connectivity index (χ4n) is 1.41. The van der Waals surface area contributed by atoms with Crippen molar-refractivity contribution in [1.29, 1.82) is 0 Å². The Morgan fingerprint density at radius 3 is 2.82 bits per heavy atom. The topological polar surface area (TPSA) is 15.7 Å². The van der Waals surface area contributed by atoms with E-state index in [4.69, 9.17) is 4.74 Å². The molecule has 0 spiro atoms. The number of nitrogens with zero attached hydrogens (tertiary/aromatic N) is 2. The molecule has 0 saturated carbocycles. The number of rotatable bonds is 4. The number of hydrogen-bond acceptors (Lipinski definition) is 3. The van der Waals surface area contributed by atoms with Crippen molar-refractivity contribution in [2.75, 3.05) is 40.4 Å². The van der Waals surface area contributed by atoms with Crippen LogP contribution in [0.2, 0.25) is 0 Å². The zero-order valence-electron chi connectivity index (χ0n) is 7.55. The molecule has 1 heterocycles. The van der Waals surface area contributed by atoms with E-state index in [1.807, 2.05) is 0 Å². The predicted molar refractivity (Wildman–Crippen MR) is 47.8 cm³/mol. The van der Waals surface area contributed by atoms with Crippen LogP contribution in [0, 0.1) is 0 Å². The molecule has 64 valence electrons. The van der Waals surface area contributed by atoms with Crippen LogP contribution in [0.3, 0.4) is 0 Å². The Morgan fingerprint density at radius 1 is 1.45 bits per heavy atom. The average Bonchev–Trinajstić information content (AvgIpc) is 2.37. The fourth-order valence-corrected chi connectivity index (χ4v) is 3.02. The standard InChI is InChI=1S/C7H16N2O.Al.H/c1-8-5-6-9-4-3-7-10-2;;/h3-7H2,1-2H3;;/q-2;+2;. The largest absolute Gasteiger partial charge is 0.462 e. The van der Waals surface area contributed by atoms with Crippen molar-refractivity contribution in [2.24, 2.45) is 0 Å². The van der Waals surface area contributed by atoms with Crippen molar-refractivity contribution in [3.05, 3.63) is 0 Å². The maximum Gasteiger partial charge on any atom is 0.462 e. The Balaban J connectivity index is 1.99. The average molecular weight is 172 g/mol. The van der Waals surface area contributed by atoms with Crippen LogP contribution in [0.1, 0.15) is 6.42 Å². The van der Waals surface area contributed by atoms with Crippen molar-refractivity contribution in [3.63, 3.8) is 0 Å². The summed E-state index contributed by atoms with van der Waals surface area (Å²) in [4.78, 5) is 0. The molecule has 1 rings (SSSR count). The van der Waals surface area contributed by atoms with Gasteiger partial charge in [0, 0.05) is 13.7 Å². The molecule has 0 radical (unpaired) electrons. The van der Waals surface area contributed by atoms with Crippen LogP contribution < -0.4 is 0 Å². The number of methoxy groups -OCH3 is 1. The summed E-state index contributed by atoms with van der Waals surface area (Å²) < 4.78 is 10.1. The Kier molecular flexibility index (Phi) is 4.43. The van der Waals surface area contributed by atoms with Gasteiger partial charge in [0.25, 0.3) is 0 Å². The van der Waals surface area contributed by atoms with E-state index >= 15 is 0 Å². The molecule has 1 aliphatic rings. The highest BCUT2D eigenvalue weighted by Gasteiger charge is 2.18. The van der Waals surface area contributed by atoms with E-state index in [1.165, 1.54) is 26.1 Å². The summed E-state index contributed by atoms with van der Waals surface area (Å²) in [5.74, 6) is 0. The highest BCUT2D eigenvalue weighted by molar-refractivity contribution is 6.29. The molecule has 0 aromatic carbocycles. The lowest BCUT2D eigenvalue weighted by atomic mass is 10.4. The van der Waals surface area contributed by atoms with Crippen molar-refractivity contribution in [3.8, 4) is 0 Å². The van der Waals surface area contributed by atoms with Gasteiger partial charge >= 0.3 is 15.7 Å². The quantitative estimate of drug-likeness (QED) is 0.421. The monoisotopic (exact) mass is 172 g/mol. The first kappa shape index (κ1) is 9.50. The molecule has 1 aliphatic heterocycles. The van der Waals surface area contributed by atoms with Gasteiger partial charge in [-0.05, 0) is 33.1 Å². The normalized spacial score (nSPS) is 20.5. The Labute approximate surface area is 75.4 Å².